The second kappa shape index (κ2) is 7.67. The Morgan fingerprint density at radius 3 is 2.63 bits per heavy atom. The number of diazo groups is 1. The topological polar surface area (TPSA) is 68.7 Å². The summed E-state index contributed by atoms with van der Waals surface area (Å²) in [6.45, 7) is 4.03. The van der Waals surface area contributed by atoms with E-state index in [2.05, 4.69) is 11.6 Å². The first kappa shape index (κ1) is 14.5. The second-order valence-electron chi connectivity index (χ2n) is 3.86. The molecule has 0 fully saturated rings. The number of aliphatic hydroxyl groups excluding tert-OH is 1. The van der Waals surface area contributed by atoms with Crippen LogP contribution < -0.4 is 4.90 Å². The Labute approximate surface area is 112 Å². The second-order valence-corrected chi connectivity index (χ2v) is 3.86. The molecule has 0 heterocycles. The fourth-order valence-electron chi connectivity index (χ4n) is 1.59. The van der Waals surface area contributed by atoms with Gasteiger partial charge in [0.2, 0.25) is 11.3 Å². The zero-order valence-corrected chi connectivity index (χ0v) is 10.6. The van der Waals surface area contributed by atoms with E-state index in [0.29, 0.717) is 6.54 Å². The summed E-state index contributed by atoms with van der Waals surface area (Å²) >= 11 is 0. The van der Waals surface area contributed by atoms with Gasteiger partial charge in [-0.25, -0.2) is 0 Å². The van der Waals surface area contributed by atoms with E-state index in [1.54, 1.807) is 11.0 Å². The smallest absolute Gasteiger partial charge is 0.387 e. The lowest BCUT2D eigenvalue weighted by Gasteiger charge is -2.21. The van der Waals surface area contributed by atoms with E-state index in [9.17, 15) is 9.90 Å². The molecule has 0 aliphatic heterocycles. The van der Waals surface area contributed by atoms with Crippen LogP contribution in [0, 0.1) is 5.39 Å². The molecule has 0 aliphatic rings. The minimum Gasteiger partial charge on any atom is -0.505 e. The average Bonchev–Trinajstić information content (AvgIpc) is 2.43. The lowest BCUT2D eigenvalue weighted by Crippen LogP contribution is -2.30. The van der Waals surface area contributed by atoms with E-state index in [1.807, 2.05) is 30.3 Å². The van der Waals surface area contributed by atoms with Crippen molar-refractivity contribution in [2.24, 2.45) is 0 Å². The number of amides is 1. The third kappa shape index (κ3) is 4.64. The van der Waals surface area contributed by atoms with Crippen LogP contribution in [0.15, 0.2) is 54.9 Å². The van der Waals surface area contributed by atoms with Gasteiger partial charge in [-0.3, -0.25) is 4.79 Å². The van der Waals surface area contributed by atoms with Gasteiger partial charge in [0.1, 0.15) is 0 Å². The standard InChI is InChI=1S/C14H15N3O2/c1-2-10-17(12-6-4-3-5-7-12)14(19)9-8-13(18)11-16-15/h2-7,11H,1,8-10H2/p+1/b13-11+. The van der Waals surface area contributed by atoms with Gasteiger partial charge in [-0.15, -0.1) is 6.58 Å². The van der Waals surface area contributed by atoms with E-state index in [4.69, 9.17) is 5.39 Å². The monoisotopic (exact) mass is 258 g/mol. The van der Waals surface area contributed by atoms with Crippen molar-refractivity contribution in [2.45, 2.75) is 12.8 Å². The highest BCUT2D eigenvalue weighted by molar-refractivity contribution is 5.93. The molecule has 0 aliphatic carbocycles. The molecule has 98 valence electrons. The maximum Gasteiger partial charge on any atom is 0.387 e. The Hall–Kier alpha value is -2.61. The molecular formula is C14H16N3O2+. The van der Waals surface area contributed by atoms with Crippen molar-refractivity contribution in [3.8, 4) is 0 Å². The molecule has 1 N–H and O–H groups in total. The first-order valence-corrected chi connectivity index (χ1v) is 5.87. The zero-order valence-electron chi connectivity index (χ0n) is 10.6. The Bertz CT molecular complexity index is 503. The molecule has 0 spiro atoms. The number of carbonyl (C=O) groups is 1. The molecule has 0 saturated heterocycles. The number of hydrogen-bond acceptors (Lipinski definition) is 3. The SMILES string of the molecule is C=CCN(C(=O)CC/C(O)=C\[N+]#N)c1ccccc1. The summed E-state index contributed by atoms with van der Waals surface area (Å²) in [4.78, 5) is 16.4. The summed E-state index contributed by atoms with van der Waals surface area (Å²) < 4.78 is 0. The molecule has 0 bridgehead atoms. The van der Waals surface area contributed by atoms with Gasteiger partial charge in [0.15, 0.2) is 10.7 Å². The quantitative estimate of drug-likeness (QED) is 0.484. The lowest BCUT2D eigenvalue weighted by atomic mass is 10.2. The van der Waals surface area contributed by atoms with Gasteiger partial charge >= 0.3 is 6.20 Å². The van der Waals surface area contributed by atoms with Crippen molar-refractivity contribution in [1.29, 1.82) is 5.39 Å². The third-order valence-corrected chi connectivity index (χ3v) is 2.48. The fourth-order valence-corrected chi connectivity index (χ4v) is 1.59. The number of carbonyl (C=O) groups excluding carboxylic acids is 1. The van der Waals surface area contributed by atoms with E-state index < -0.39 is 0 Å². The number of hydrogen-bond donors (Lipinski definition) is 1. The molecule has 1 aromatic rings. The Morgan fingerprint density at radius 1 is 1.37 bits per heavy atom. The Morgan fingerprint density at radius 2 is 2.05 bits per heavy atom. The zero-order chi connectivity index (χ0) is 14.1. The minimum absolute atomic E-state index is 0.126. The molecule has 0 atom stereocenters. The Balaban J connectivity index is 2.72. The number of aliphatic hydroxyl groups is 1. The molecule has 1 aromatic carbocycles. The highest BCUT2D eigenvalue weighted by atomic mass is 16.3. The van der Waals surface area contributed by atoms with Crippen molar-refractivity contribution in [3.05, 3.63) is 59.9 Å². The van der Waals surface area contributed by atoms with Crippen molar-refractivity contribution < 1.29 is 9.90 Å². The Kier molecular flexibility index (Phi) is 5.83. The number of allylic oxidation sites excluding steroid dienone is 1. The number of nitrogens with zero attached hydrogens (tertiary/aromatic N) is 3. The number of para-hydroxylation sites is 1. The predicted octanol–water partition coefficient (Wildman–Crippen LogP) is 3.24. The number of rotatable bonds is 6. The fraction of sp³-hybridized carbons (Fsp3) is 0.214. The molecule has 0 aromatic heterocycles. The van der Waals surface area contributed by atoms with Crippen LogP contribution in [0.5, 0.6) is 0 Å². The number of benzene rings is 1. The molecule has 1 amide bonds. The van der Waals surface area contributed by atoms with Gasteiger partial charge < -0.3 is 10.0 Å². The van der Waals surface area contributed by atoms with E-state index >= 15 is 0 Å². The lowest BCUT2D eigenvalue weighted by molar-refractivity contribution is -0.118. The van der Waals surface area contributed by atoms with Crippen LogP contribution in [0.4, 0.5) is 5.69 Å². The molecule has 5 nitrogen and oxygen atoms in total. The van der Waals surface area contributed by atoms with Crippen LogP contribution in [0.1, 0.15) is 12.8 Å². The minimum atomic E-state index is -0.137. The van der Waals surface area contributed by atoms with Crippen LogP contribution >= 0.6 is 0 Å². The van der Waals surface area contributed by atoms with Gasteiger partial charge in [-0.05, 0) is 12.1 Å². The van der Waals surface area contributed by atoms with Crippen LogP contribution in [-0.2, 0) is 4.79 Å². The third-order valence-electron chi connectivity index (χ3n) is 2.48. The molecule has 19 heavy (non-hydrogen) atoms. The molecular weight excluding hydrogens is 242 g/mol. The highest BCUT2D eigenvalue weighted by Crippen LogP contribution is 2.15. The van der Waals surface area contributed by atoms with Crippen molar-refractivity contribution in [1.82, 2.24) is 0 Å². The average molecular weight is 258 g/mol. The van der Waals surface area contributed by atoms with Crippen LogP contribution in [-0.4, -0.2) is 17.6 Å². The van der Waals surface area contributed by atoms with Gasteiger partial charge in [0.25, 0.3) is 0 Å². The van der Waals surface area contributed by atoms with E-state index in [-0.39, 0.29) is 24.5 Å². The summed E-state index contributed by atoms with van der Waals surface area (Å²) in [5.74, 6) is -0.272. The maximum atomic E-state index is 12.1. The highest BCUT2D eigenvalue weighted by Gasteiger charge is 2.15. The van der Waals surface area contributed by atoms with Crippen molar-refractivity contribution in [3.63, 3.8) is 0 Å². The normalized spacial score (nSPS) is 10.6. The molecule has 0 saturated carbocycles. The van der Waals surface area contributed by atoms with E-state index in [1.165, 1.54) is 0 Å². The predicted molar refractivity (Wildman–Crippen MR) is 74.0 cm³/mol. The molecule has 5 heteroatoms. The van der Waals surface area contributed by atoms with Gasteiger partial charge in [0, 0.05) is 25.1 Å². The summed E-state index contributed by atoms with van der Waals surface area (Å²) in [5.41, 5.74) is 0.780. The summed E-state index contributed by atoms with van der Waals surface area (Å²) in [6, 6.07) is 9.24. The largest absolute Gasteiger partial charge is 0.505 e. The summed E-state index contributed by atoms with van der Waals surface area (Å²) in [7, 11) is 0. The molecule has 0 radical (unpaired) electrons. The number of anilines is 1. The summed E-state index contributed by atoms with van der Waals surface area (Å²) in [6.07, 6.45) is 2.81. The molecule has 0 unspecified atom stereocenters. The first-order valence-electron chi connectivity index (χ1n) is 5.87. The first-order chi connectivity index (χ1) is 9.19. The van der Waals surface area contributed by atoms with Crippen molar-refractivity contribution >= 4 is 11.6 Å². The molecule has 1 rings (SSSR count). The van der Waals surface area contributed by atoms with Crippen LogP contribution in [0.25, 0.3) is 4.98 Å². The van der Waals surface area contributed by atoms with Gasteiger partial charge in [-0.2, -0.15) is 0 Å². The summed E-state index contributed by atoms with van der Waals surface area (Å²) in [5, 5.41) is 17.6. The van der Waals surface area contributed by atoms with Crippen molar-refractivity contribution in [2.75, 3.05) is 11.4 Å². The van der Waals surface area contributed by atoms with Gasteiger partial charge in [-0.1, -0.05) is 24.3 Å². The van der Waals surface area contributed by atoms with Crippen LogP contribution in [0.3, 0.4) is 0 Å². The van der Waals surface area contributed by atoms with Crippen LogP contribution in [0.2, 0.25) is 0 Å². The van der Waals surface area contributed by atoms with E-state index in [0.717, 1.165) is 11.9 Å². The van der Waals surface area contributed by atoms with Gasteiger partial charge in [0.05, 0.1) is 0 Å². The maximum absolute atomic E-state index is 12.1.